The maximum atomic E-state index is 11.7. The van der Waals surface area contributed by atoms with Crippen molar-refractivity contribution in [1.82, 2.24) is 15.8 Å². The third-order valence-corrected chi connectivity index (χ3v) is 3.60. The molecule has 1 heterocycles. The van der Waals surface area contributed by atoms with Gasteiger partial charge in [0.2, 0.25) is 0 Å². The van der Waals surface area contributed by atoms with Crippen LogP contribution >= 0.6 is 11.3 Å². The highest BCUT2D eigenvalue weighted by atomic mass is 32.1. The molecule has 21 heavy (non-hydrogen) atoms. The summed E-state index contributed by atoms with van der Waals surface area (Å²) >= 11 is 1.29. The maximum absolute atomic E-state index is 11.7. The van der Waals surface area contributed by atoms with Crippen LogP contribution in [0.25, 0.3) is 0 Å². The summed E-state index contributed by atoms with van der Waals surface area (Å²) in [4.78, 5) is 36.7. The van der Waals surface area contributed by atoms with Crippen molar-refractivity contribution in [1.29, 1.82) is 0 Å². The molecule has 1 aromatic rings. The summed E-state index contributed by atoms with van der Waals surface area (Å²) in [5.41, 5.74) is 4.69. The highest BCUT2D eigenvalue weighted by Crippen LogP contribution is 2.06. The molecule has 0 atom stereocenters. The Hall–Kier alpha value is -1.93. The van der Waals surface area contributed by atoms with Crippen molar-refractivity contribution in [3.8, 4) is 0 Å². The molecule has 0 fully saturated rings. The lowest BCUT2D eigenvalue weighted by molar-refractivity contribution is -0.141. The standard InChI is InChI=1S/C13H19N3O4S/c1-3-16(7-6-12(18)20-2)9-11(17)14-15-13(19)10-5-4-8-21-10/h4-5,8H,3,6-7,9H2,1-2H3,(H,14,17)(H,15,19). The van der Waals surface area contributed by atoms with Gasteiger partial charge >= 0.3 is 5.97 Å². The van der Waals surface area contributed by atoms with Crippen LogP contribution in [0.2, 0.25) is 0 Å². The quantitative estimate of drug-likeness (QED) is 0.562. The molecular formula is C13H19N3O4S. The van der Waals surface area contributed by atoms with Crippen LogP contribution in [0.3, 0.4) is 0 Å². The van der Waals surface area contributed by atoms with Crippen LogP contribution in [0.1, 0.15) is 23.0 Å². The van der Waals surface area contributed by atoms with Crippen molar-refractivity contribution in [3.63, 3.8) is 0 Å². The molecule has 0 spiro atoms. The first kappa shape index (κ1) is 17.1. The van der Waals surface area contributed by atoms with Gasteiger partial charge in [0.05, 0.1) is 25.0 Å². The van der Waals surface area contributed by atoms with E-state index in [1.165, 1.54) is 18.4 Å². The fraction of sp³-hybridized carbons (Fsp3) is 0.462. The zero-order valence-electron chi connectivity index (χ0n) is 12.0. The molecule has 0 aliphatic rings. The summed E-state index contributed by atoms with van der Waals surface area (Å²) in [5, 5.41) is 1.78. The molecule has 0 radical (unpaired) electrons. The minimum atomic E-state index is -0.351. The molecule has 0 aliphatic carbocycles. The smallest absolute Gasteiger partial charge is 0.306 e. The Kier molecular flexibility index (Phi) is 7.41. The number of carbonyl (C=O) groups excluding carboxylic acids is 3. The van der Waals surface area contributed by atoms with Gasteiger partial charge < -0.3 is 4.74 Å². The van der Waals surface area contributed by atoms with Crippen LogP contribution < -0.4 is 10.9 Å². The number of ether oxygens (including phenoxy) is 1. The third-order valence-electron chi connectivity index (χ3n) is 2.73. The van der Waals surface area contributed by atoms with Gasteiger partial charge in [-0.15, -0.1) is 11.3 Å². The fourth-order valence-corrected chi connectivity index (χ4v) is 2.16. The largest absolute Gasteiger partial charge is 0.469 e. The lowest BCUT2D eigenvalue weighted by atomic mass is 10.3. The van der Waals surface area contributed by atoms with Crippen molar-refractivity contribution in [2.45, 2.75) is 13.3 Å². The van der Waals surface area contributed by atoms with Gasteiger partial charge in [-0.25, -0.2) is 0 Å². The Bertz CT molecular complexity index is 476. The molecule has 8 heteroatoms. The number of carbonyl (C=O) groups is 3. The van der Waals surface area contributed by atoms with Crippen molar-refractivity contribution in [3.05, 3.63) is 22.4 Å². The number of hydrogen-bond acceptors (Lipinski definition) is 6. The minimum Gasteiger partial charge on any atom is -0.469 e. The van der Waals surface area contributed by atoms with E-state index in [-0.39, 0.29) is 30.7 Å². The molecule has 7 nitrogen and oxygen atoms in total. The highest BCUT2D eigenvalue weighted by Gasteiger charge is 2.12. The van der Waals surface area contributed by atoms with E-state index in [2.05, 4.69) is 15.6 Å². The van der Waals surface area contributed by atoms with E-state index in [9.17, 15) is 14.4 Å². The molecule has 1 aromatic heterocycles. The predicted octanol–water partition coefficient (Wildman–Crippen LogP) is 0.394. The van der Waals surface area contributed by atoms with Crippen molar-refractivity contribution in [2.24, 2.45) is 0 Å². The number of nitrogens with one attached hydrogen (secondary N) is 2. The molecule has 0 aromatic carbocycles. The average molecular weight is 313 g/mol. The SMILES string of the molecule is CCN(CCC(=O)OC)CC(=O)NNC(=O)c1cccs1. The van der Waals surface area contributed by atoms with E-state index in [1.807, 2.05) is 6.92 Å². The van der Waals surface area contributed by atoms with Gasteiger partial charge in [0.25, 0.3) is 11.8 Å². The number of rotatable bonds is 7. The van der Waals surface area contributed by atoms with E-state index < -0.39 is 0 Å². The highest BCUT2D eigenvalue weighted by molar-refractivity contribution is 7.12. The van der Waals surface area contributed by atoms with E-state index in [0.29, 0.717) is 18.0 Å². The number of esters is 1. The monoisotopic (exact) mass is 313 g/mol. The third kappa shape index (κ3) is 6.37. The van der Waals surface area contributed by atoms with Crippen LogP contribution in [0.15, 0.2) is 17.5 Å². The van der Waals surface area contributed by atoms with E-state index >= 15 is 0 Å². The minimum absolute atomic E-state index is 0.0955. The molecule has 1 rings (SSSR count). The van der Waals surface area contributed by atoms with Crippen molar-refractivity contribution in [2.75, 3.05) is 26.7 Å². The molecule has 2 amide bonds. The zero-order chi connectivity index (χ0) is 15.7. The first-order valence-electron chi connectivity index (χ1n) is 6.48. The van der Waals surface area contributed by atoms with Crippen LogP contribution in [-0.4, -0.2) is 49.4 Å². The number of hydrogen-bond donors (Lipinski definition) is 2. The number of likely N-dealkylation sites (N-methyl/N-ethyl adjacent to an activating group) is 1. The van der Waals surface area contributed by atoms with Crippen molar-refractivity contribution < 1.29 is 19.1 Å². The fourth-order valence-electron chi connectivity index (χ4n) is 1.54. The number of amides is 2. The van der Waals surface area contributed by atoms with Gasteiger partial charge in [-0.3, -0.25) is 30.1 Å². The summed E-state index contributed by atoms with van der Waals surface area (Å²) in [5.74, 6) is -1.01. The average Bonchev–Trinajstić information content (AvgIpc) is 3.02. The van der Waals surface area contributed by atoms with Gasteiger partial charge in [-0.05, 0) is 18.0 Å². The van der Waals surface area contributed by atoms with Crippen LogP contribution in [0.4, 0.5) is 0 Å². The van der Waals surface area contributed by atoms with E-state index in [1.54, 1.807) is 22.4 Å². The Morgan fingerprint density at radius 3 is 2.67 bits per heavy atom. The molecular weight excluding hydrogens is 294 g/mol. The zero-order valence-corrected chi connectivity index (χ0v) is 12.9. The van der Waals surface area contributed by atoms with E-state index in [0.717, 1.165) is 0 Å². The summed E-state index contributed by atoms with van der Waals surface area (Å²) < 4.78 is 4.55. The van der Waals surface area contributed by atoms with Gasteiger partial charge in [-0.2, -0.15) is 0 Å². The Balaban J connectivity index is 2.30. The second kappa shape index (κ2) is 9.09. The molecule has 0 saturated heterocycles. The van der Waals surface area contributed by atoms with Gasteiger partial charge in [0.1, 0.15) is 0 Å². The topological polar surface area (TPSA) is 87.7 Å². The number of hydrazine groups is 1. The molecule has 2 N–H and O–H groups in total. The molecule has 0 saturated carbocycles. The summed E-state index contributed by atoms with van der Waals surface area (Å²) in [7, 11) is 1.32. The van der Waals surface area contributed by atoms with E-state index in [4.69, 9.17) is 0 Å². The molecule has 0 unspecified atom stereocenters. The summed E-state index contributed by atoms with van der Waals surface area (Å²) in [6.07, 6.45) is 0.221. The number of methoxy groups -OCH3 is 1. The Labute approximate surface area is 127 Å². The van der Waals surface area contributed by atoms with Gasteiger partial charge in [0, 0.05) is 6.54 Å². The summed E-state index contributed by atoms with van der Waals surface area (Å²) in [6, 6.07) is 3.42. The lowest BCUT2D eigenvalue weighted by Gasteiger charge is -2.19. The second-order valence-corrected chi connectivity index (χ2v) is 5.12. The lowest BCUT2D eigenvalue weighted by Crippen LogP contribution is -2.46. The van der Waals surface area contributed by atoms with Crippen LogP contribution in [0, 0.1) is 0 Å². The molecule has 116 valence electrons. The molecule has 0 bridgehead atoms. The van der Waals surface area contributed by atoms with Crippen molar-refractivity contribution >= 4 is 29.1 Å². The number of thiophene rings is 1. The Morgan fingerprint density at radius 1 is 1.33 bits per heavy atom. The second-order valence-electron chi connectivity index (χ2n) is 4.17. The summed E-state index contributed by atoms with van der Waals surface area (Å²) in [6.45, 7) is 3.02. The first-order valence-corrected chi connectivity index (χ1v) is 7.36. The number of nitrogens with zero attached hydrogens (tertiary/aromatic N) is 1. The van der Waals surface area contributed by atoms with Crippen LogP contribution in [-0.2, 0) is 14.3 Å². The van der Waals surface area contributed by atoms with Gasteiger partial charge in [-0.1, -0.05) is 13.0 Å². The first-order chi connectivity index (χ1) is 10.1. The molecule has 0 aliphatic heterocycles. The van der Waals surface area contributed by atoms with Gasteiger partial charge in [0.15, 0.2) is 0 Å². The Morgan fingerprint density at radius 2 is 2.10 bits per heavy atom. The maximum Gasteiger partial charge on any atom is 0.306 e. The van der Waals surface area contributed by atoms with Crippen LogP contribution in [0.5, 0.6) is 0 Å². The normalized spacial score (nSPS) is 10.2. The predicted molar refractivity (Wildman–Crippen MR) is 78.7 cm³/mol.